The molecule has 0 aliphatic rings. The van der Waals surface area contributed by atoms with E-state index >= 15 is 0 Å². The van der Waals surface area contributed by atoms with Gasteiger partial charge in [0.2, 0.25) is 0 Å². The van der Waals surface area contributed by atoms with Crippen LogP contribution in [0, 0.1) is 0 Å². The summed E-state index contributed by atoms with van der Waals surface area (Å²) in [6.45, 7) is 3.91. The molecule has 0 spiro atoms. The number of carbonyl (C=O) groups is 1. The molecular weight excluding hydrogens is 369 g/mol. The van der Waals surface area contributed by atoms with Crippen molar-refractivity contribution in [3.63, 3.8) is 0 Å². The minimum absolute atomic E-state index is 0.192. The molecule has 2 rings (SSSR count). The van der Waals surface area contributed by atoms with E-state index in [1.807, 2.05) is 32.0 Å². The molecule has 3 nitrogen and oxygen atoms in total. The third kappa shape index (κ3) is 4.56. The number of hydrogen-bond acceptors (Lipinski definition) is 2. The Morgan fingerprint density at radius 3 is 2.08 bits per heavy atom. The number of anilines is 1. The second-order valence-corrected chi connectivity index (χ2v) is 6.44. The lowest BCUT2D eigenvalue weighted by atomic mass is 10.0. The Kier molecular flexibility index (Phi) is 6.79. The van der Waals surface area contributed by atoms with E-state index in [1.54, 1.807) is 0 Å². The Morgan fingerprint density at radius 1 is 1.04 bits per heavy atom. The van der Waals surface area contributed by atoms with E-state index in [0.717, 1.165) is 29.7 Å². The van der Waals surface area contributed by atoms with E-state index < -0.39 is 0 Å². The Morgan fingerprint density at radius 2 is 1.58 bits per heavy atom. The van der Waals surface area contributed by atoms with Gasteiger partial charge in [-0.2, -0.15) is 0 Å². The molecule has 1 amide bonds. The smallest absolute Gasteiger partial charge is 0.262 e. The van der Waals surface area contributed by atoms with Crippen molar-refractivity contribution in [2.24, 2.45) is 0 Å². The zero-order valence-electron chi connectivity index (χ0n) is 13.5. The maximum absolute atomic E-state index is 12.3. The van der Waals surface area contributed by atoms with E-state index in [0.29, 0.717) is 5.02 Å². The van der Waals surface area contributed by atoms with Crippen LogP contribution < -0.4 is 10.1 Å². The standard InChI is InChI=1S/C18H18Cl3NO2/c1-3-11-6-5-7-12(4-2)17(11)22-16(23)10-24-18-14(20)8-13(19)9-15(18)21/h5-9H,3-4,10H2,1-2H3,(H,22,23). The lowest BCUT2D eigenvalue weighted by Gasteiger charge is -2.15. The number of rotatable bonds is 6. The van der Waals surface area contributed by atoms with Gasteiger partial charge in [0.25, 0.3) is 5.91 Å². The van der Waals surface area contributed by atoms with Crippen LogP contribution in [0.25, 0.3) is 0 Å². The average molecular weight is 387 g/mol. The van der Waals surface area contributed by atoms with E-state index in [-0.39, 0.29) is 28.3 Å². The summed E-state index contributed by atoms with van der Waals surface area (Å²) in [4.78, 5) is 12.3. The lowest BCUT2D eigenvalue weighted by molar-refractivity contribution is -0.118. The lowest BCUT2D eigenvalue weighted by Crippen LogP contribution is -2.22. The highest BCUT2D eigenvalue weighted by atomic mass is 35.5. The minimum atomic E-state index is -0.271. The largest absolute Gasteiger partial charge is 0.481 e. The fraction of sp³-hybridized carbons (Fsp3) is 0.278. The molecule has 24 heavy (non-hydrogen) atoms. The third-order valence-electron chi connectivity index (χ3n) is 3.57. The van der Waals surface area contributed by atoms with E-state index in [2.05, 4.69) is 5.32 Å². The molecule has 0 fully saturated rings. The molecule has 2 aromatic carbocycles. The van der Waals surface area contributed by atoms with Crippen molar-refractivity contribution in [1.82, 2.24) is 0 Å². The van der Waals surface area contributed by atoms with Crippen LogP contribution in [-0.4, -0.2) is 12.5 Å². The van der Waals surface area contributed by atoms with Crippen molar-refractivity contribution in [2.75, 3.05) is 11.9 Å². The van der Waals surface area contributed by atoms with Crippen LogP contribution in [0.2, 0.25) is 15.1 Å². The maximum atomic E-state index is 12.3. The van der Waals surface area contributed by atoms with Gasteiger partial charge in [-0.15, -0.1) is 0 Å². The molecule has 2 aromatic rings. The van der Waals surface area contributed by atoms with Gasteiger partial charge in [0, 0.05) is 10.7 Å². The molecule has 128 valence electrons. The van der Waals surface area contributed by atoms with Crippen LogP contribution in [0.1, 0.15) is 25.0 Å². The van der Waals surface area contributed by atoms with E-state index in [1.165, 1.54) is 12.1 Å². The highest BCUT2D eigenvalue weighted by Crippen LogP contribution is 2.35. The average Bonchev–Trinajstić information content (AvgIpc) is 2.54. The van der Waals surface area contributed by atoms with E-state index in [9.17, 15) is 4.79 Å². The molecule has 0 saturated carbocycles. The van der Waals surface area contributed by atoms with Crippen LogP contribution in [0.4, 0.5) is 5.69 Å². The fourth-order valence-electron chi connectivity index (χ4n) is 2.38. The summed E-state index contributed by atoms with van der Waals surface area (Å²) in [7, 11) is 0. The molecule has 0 aliphatic heterocycles. The van der Waals surface area contributed by atoms with Crippen LogP contribution in [0.5, 0.6) is 5.75 Å². The van der Waals surface area contributed by atoms with Crippen molar-refractivity contribution in [3.05, 3.63) is 56.5 Å². The molecule has 0 bridgehead atoms. The summed E-state index contributed by atoms with van der Waals surface area (Å²) in [5, 5.41) is 3.87. The molecule has 0 aromatic heterocycles. The first-order chi connectivity index (χ1) is 11.5. The Hall–Kier alpha value is -1.42. The molecule has 0 heterocycles. The summed E-state index contributed by atoms with van der Waals surface area (Å²) in [5.74, 6) is -0.0231. The van der Waals surface area contributed by atoms with Crippen molar-refractivity contribution in [2.45, 2.75) is 26.7 Å². The molecule has 1 N–H and O–H groups in total. The maximum Gasteiger partial charge on any atom is 0.262 e. The van der Waals surface area contributed by atoms with Crippen LogP contribution in [0.3, 0.4) is 0 Å². The SMILES string of the molecule is CCc1cccc(CC)c1NC(=O)COc1c(Cl)cc(Cl)cc1Cl. The molecular formula is C18H18Cl3NO2. The van der Waals surface area contributed by atoms with Crippen molar-refractivity contribution in [3.8, 4) is 5.75 Å². The van der Waals surface area contributed by atoms with Crippen molar-refractivity contribution < 1.29 is 9.53 Å². The van der Waals surface area contributed by atoms with Crippen molar-refractivity contribution in [1.29, 1.82) is 0 Å². The fourth-order valence-corrected chi connectivity index (χ4v) is 3.31. The Labute approximate surface area is 156 Å². The Balaban J connectivity index is 2.10. The molecule has 0 aliphatic carbocycles. The number of hydrogen-bond donors (Lipinski definition) is 1. The van der Waals surface area contributed by atoms with E-state index in [4.69, 9.17) is 39.5 Å². The predicted molar refractivity (Wildman–Crippen MR) is 101 cm³/mol. The minimum Gasteiger partial charge on any atom is -0.481 e. The number of benzene rings is 2. The van der Waals surface area contributed by atoms with Gasteiger partial charge >= 0.3 is 0 Å². The van der Waals surface area contributed by atoms with Gasteiger partial charge in [0.1, 0.15) is 0 Å². The number of aryl methyl sites for hydroxylation is 2. The monoisotopic (exact) mass is 385 g/mol. The van der Waals surface area contributed by atoms with Gasteiger partial charge in [0.15, 0.2) is 12.4 Å². The van der Waals surface area contributed by atoms with Gasteiger partial charge in [-0.05, 0) is 36.1 Å². The normalized spacial score (nSPS) is 10.5. The van der Waals surface area contributed by atoms with Crippen LogP contribution in [0.15, 0.2) is 30.3 Å². The predicted octanol–water partition coefficient (Wildman–Crippen LogP) is 5.79. The summed E-state index contributed by atoms with van der Waals surface area (Å²) in [5.41, 5.74) is 3.03. The number of carbonyl (C=O) groups excluding carboxylic acids is 1. The van der Waals surface area contributed by atoms with Gasteiger partial charge in [-0.1, -0.05) is 66.8 Å². The quantitative estimate of drug-likeness (QED) is 0.682. The first-order valence-electron chi connectivity index (χ1n) is 7.64. The number of halogens is 3. The summed E-state index contributed by atoms with van der Waals surface area (Å²) < 4.78 is 5.47. The molecule has 0 saturated heterocycles. The Bertz CT molecular complexity index is 702. The van der Waals surface area contributed by atoms with Gasteiger partial charge in [0.05, 0.1) is 10.0 Å². The topological polar surface area (TPSA) is 38.3 Å². The van der Waals surface area contributed by atoms with Crippen LogP contribution in [-0.2, 0) is 17.6 Å². The zero-order chi connectivity index (χ0) is 17.7. The second kappa shape index (κ2) is 8.61. The van der Waals surface area contributed by atoms with Gasteiger partial charge < -0.3 is 10.1 Å². The van der Waals surface area contributed by atoms with Gasteiger partial charge in [-0.25, -0.2) is 0 Å². The molecule has 0 unspecified atom stereocenters. The number of amides is 1. The van der Waals surface area contributed by atoms with Crippen molar-refractivity contribution >= 4 is 46.4 Å². The number of para-hydroxylation sites is 1. The third-order valence-corrected chi connectivity index (χ3v) is 4.35. The number of nitrogens with one attached hydrogen (secondary N) is 1. The molecule has 0 atom stereocenters. The first kappa shape index (κ1) is 18.9. The van der Waals surface area contributed by atoms with Gasteiger partial charge in [-0.3, -0.25) is 4.79 Å². The zero-order valence-corrected chi connectivity index (χ0v) is 15.7. The molecule has 0 radical (unpaired) electrons. The first-order valence-corrected chi connectivity index (χ1v) is 8.77. The number of ether oxygens (including phenoxy) is 1. The summed E-state index contributed by atoms with van der Waals surface area (Å²) in [6.07, 6.45) is 1.66. The highest BCUT2D eigenvalue weighted by Gasteiger charge is 2.14. The second-order valence-electron chi connectivity index (χ2n) is 5.19. The summed E-state index contributed by atoms with van der Waals surface area (Å²) >= 11 is 18.0. The summed E-state index contributed by atoms with van der Waals surface area (Å²) in [6, 6.07) is 9.04. The molecule has 6 heteroatoms. The highest BCUT2D eigenvalue weighted by molar-refractivity contribution is 6.40. The van der Waals surface area contributed by atoms with Crippen LogP contribution >= 0.6 is 34.8 Å².